The number of hydrogen-bond acceptors (Lipinski definition) is 3. The summed E-state index contributed by atoms with van der Waals surface area (Å²) in [6.07, 6.45) is 6.56. The summed E-state index contributed by atoms with van der Waals surface area (Å²) in [7, 11) is 1.93. The van der Waals surface area contributed by atoms with Crippen LogP contribution < -0.4 is 5.32 Å². The van der Waals surface area contributed by atoms with Gasteiger partial charge in [0, 0.05) is 31.4 Å². The summed E-state index contributed by atoms with van der Waals surface area (Å²) in [5.74, 6) is 1.46. The minimum absolute atomic E-state index is 0.102. The van der Waals surface area contributed by atoms with Crippen LogP contribution in [0, 0.1) is 5.92 Å². The van der Waals surface area contributed by atoms with Gasteiger partial charge in [-0.3, -0.25) is 4.79 Å². The second kappa shape index (κ2) is 6.73. The van der Waals surface area contributed by atoms with E-state index in [2.05, 4.69) is 17.2 Å². The first-order valence-electron chi connectivity index (χ1n) is 7.60. The number of carbonyl (C=O) groups excluding carboxylic acids is 1. The zero-order valence-corrected chi connectivity index (χ0v) is 12.7. The van der Waals surface area contributed by atoms with Gasteiger partial charge in [0.1, 0.15) is 5.82 Å². The lowest BCUT2D eigenvalue weighted by molar-refractivity contribution is 0.0629. The van der Waals surface area contributed by atoms with Crippen LogP contribution in [0.5, 0.6) is 0 Å². The van der Waals surface area contributed by atoms with E-state index in [1.54, 1.807) is 12.3 Å². The van der Waals surface area contributed by atoms with Crippen molar-refractivity contribution in [1.82, 2.24) is 9.88 Å². The lowest BCUT2D eigenvalue weighted by Crippen LogP contribution is -2.42. The summed E-state index contributed by atoms with van der Waals surface area (Å²) in [5.41, 5.74) is 0.719. The number of anilines is 1. The Morgan fingerprint density at radius 3 is 2.90 bits per heavy atom. The zero-order chi connectivity index (χ0) is 14.5. The van der Waals surface area contributed by atoms with E-state index < -0.39 is 0 Å². The van der Waals surface area contributed by atoms with Gasteiger partial charge in [0.05, 0.1) is 0 Å². The summed E-state index contributed by atoms with van der Waals surface area (Å²) in [6, 6.07) is 4.01. The van der Waals surface area contributed by atoms with Crippen molar-refractivity contribution in [2.45, 2.75) is 45.6 Å². The Hall–Kier alpha value is -1.58. The van der Waals surface area contributed by atoms with Crippen LogP contribution in [0.3, 0.4) is 0 Å². The van der Waals surface area contributed by atoms with Crippen LogP contribution in [0.25, 0.3) is 0 Å². The molecule has 0 saturated heterocycles. The Morgan fingerprint density at radius 2 is 2.20 bits per heavy atom. The molecule has 2 atom stereocenters. The predicted octanol–water partition coefficient (Wildman–Crippen LogP) is 3.16. The van der Waals surface area contributed by atoms with Crippen molar-refractivity contribution < 1.29 is 4.79 Å². The van der Waals surface area contributed by atoms with E-state index in [9.17, 15) is 4.79 Å². The normalized spacial score (nSPS) is 22.4. The van der Waals surface area contributed by atoms with Gasteiger partial charge in [-0.1, -0.05) is 19.8 Å². The highest BCUT2D eigenvalue weighted by Crippen LogP contribution is 2.28. The number of aromatic nitrogens is 1. The number of nitrogens with zero attached hydrogens (tertiary/aromatic N) is 2. The molecule has 0 bridgehead atoms. The second-order valence-electron chi connectivity index (χ2n) is 5.71. The lowest BCUT2D eigenvalue weighted by Gasteiger charge is -2.36. The number of amides is 1. The second-order valence-corrected chi connectivity index (χ2v) is 5.71. The molecule has 1 aromatic heterocycles. The molecule has 0 aromatic carbocycles. The number of nitrogens with one attached hydrogen (secondary N) is 1. The topological polar surface area (TPSA) is 45.2 Å². The van der Waals surface area contributed by atoms with Gasteiger partial charge in [-0.25, -0.2) is 4.98 Å². The molecule has 1 aliphatic rings. The maximum absolute atomic E-state index is 12.6. The predicted molar refractivity (Wildman–Crippen MR) is 81.9 cm³/mol. The highest BCUT2D eigenvalue weighted by Gasteiger charge is 2.28. The minimum atomic E-state index is 0.102. The Kier molecular flexibility index (Phi) is 4.99. The van der Waals surface area contributed by atoms with Crippen molar-refractivity contribution in [2.75, 3.05) is 18.9 Å². The van der Waals surface area contributed by atoms with Crippen molar-refractivity contribution in [2.24, 2.45) is 5.92 Å². The largest absolute Gasteiger partial charge is 0.370 e. The van der Waals surface area contributed by atoms with Gasteiger partial charge in [0.2, 0.25) is 0 Å². The average molecular weight is 275 g/mol. The minimum Gasteiger partial charge on any atom is -0.370 e. The SMILES string of the molecule is CCNc1cc(C(=O)N(C)C2CCCCC2C)ccn1. The van der Waals surface area contributed by atoms with E-state index in [-0.39, 0.29) is 5.91 Å². The third kappa shape index (κ3) is 3.30. The summed E-state index contributed by atoms with van der Waals surface area (Å²) >= 11 is 0. The van der Waals surface area contributed by atoms with Crippen LogP contribution >= 0.6 is 0 Å². The molecule has 1 aromatic rings. The van der Waals surface area contributed by atoms with Crippen LogP contribution in [0.1, 0.15) is 49.9 Å². The van der Waals surface area contributed by atoms with Crippen molar-refractivity contribution in [3.63, 3.8) is 0 Å². The third-order valence-electron chi connectivity index (χ3n) is 4.25. The fourth-order valence-corrected chi connectivity index (χ4v) is 3.07. The van der Waals surface area contributed by atoms with E-state index in [4.69, 9.17) is 0 Å². The lowest BCUT2D eigenvalue weighted by atomic mass is 9.85. The highest BCUT2D eigenvalue weighted by atomic mass is 16.2. The van der Waals surface area contributed by atoms with E-state index >= 15 is 0 Å². The number of hydrogen-bond donors (Lipinski definition) is 1. The summed E-state index contributed by atoms with van der Waals surface area (Å²) < 4.78 is 0. The zero-order valence-electron chi connectivity index (χ0n) is 12.7. The molecule has 2 unspecified atom stereocenters. The van der Waals surface area contributed by atoms with Crippen LogP contribution in [0.2, 0.25) is 0 Å². The molecule has 110 valence electrons. The fourth-order valence-electron chi connectivity index (χ4n) is 3.07. The van der Waals surface area contributed by atoms with Crippen molar-refractivity contribution >= 4 is 11.7 Å². The average Bonchev–Trinajstić information content (AvgIpc) is 2.47. The number of carbonyl (C=O) groups is 1. The smallest absolute Gasteiger partial charge is 0.254 e. The molecule has 20 heavy (non-hydrogen) atoms. The Balaban J connectivity index is 2.11. The van der Waals surface area contributed by atoms with Gasteiger partial charge in [-0.2, -0.15) is 0 Å². The molecule has 1 fully saturated rings. The van der Waals surface area contributed by atoms with Gasteiger partial charge in [-0.05, 0) is 37.8 Å². The summed E-state index contributed by atoms with van der Waals surface area (Å²) in [6.45, 7) is 5.08. The molecule has 0 radical (unpaired) electrons. The van der Waals surface area contributed by atoms with Gasteiger partial charge in [0.25, 0.3) is 5.91 Å². The van der Waals surface area contributed by atoms with E-state index in [1.807, 2.05) is 24.9 Å². The maximum Gasteiger partial charge on any atom is 0.254 e. The molecule has 1 amide bonds. The van der Waals surface area contributed by atoms with Gasteiger partial charge in [0.15, 0.2) is 0 Å². The number of rotatable bonds is 4. The molecule has 4 nitrogen and oxygen atoms in total. The first kappa shape index (κ1) is 14.8. The summed E-state index contributed by atoms with van der Waals surface area (Å²) in [4.78, 5) is 18.8. The monoisotopic (exact) mass is 275 g/mol. The maximum atomic E-state index is 12.6. The van der Waals surface area contributed by atoms with E-state index in [0.29, 0.717) is 12.0 Å². The Morgan fingerprint density at radius 1 is 1.45 bits per heavy atom. The molecule has 2 rings (SSSR count). The Labute approximate surface area is 121 Å². The fraction of sp³-hybridized carbons (Fsp3) is 0.625. The van der Waals surface area contributed by atoms with E-state index in [0.717, 1.165) is 24.3 Å². The van der Waals surface area contributed by atoms with Gasteiger partial charge < -0.3 is 10.2 Å². The Bertz CT molecular complexity index is 461. The van der Waals surface area contributed by atoms with Crippen molar-refractivity contribution in [3.05, 3.63) is 23.9 Å². The van der Waals surface area contributed by atoms with Crippen molar-refractivity contribution in [3.8, 4) is 0 Å². The first-order chi connectivity index (χ1) is 9.63. The van der Waals surface area contributed by atoms with E-state index in [1.165, 1.54) is 19.3 Å². The van der Waals surface area contributed by atoms with Crippen LogP contribution in [0.15, 0.2) is 18.3 Å². The first-order valence-corrected chi connectivity index (χ1v) is 7.60. The molecular formula is C16H25N3O. The third-order valence-corrected chi connectivity index (χ3v) is 4.25. The quantitative estimate of drug-likeness (QED) is 0.918. The van der Waals surface area contributed by atoms with Gasteiger partial charge >= 0.3 is 0 Å². The molecular weight excluding hydrogens is 250 g/mol. The molecule has 1 saturated carbocycles. The molecule has 4 heteroatoms. The molecule has 1 aliphatic carbocycles. The van der Waals surface area contributed by atoms with Gasteiger partial charge in [-0.15, -0.1) is 0 Å². The van der Waals surface area contributed by atoms with Crippen molar-refractivity contribution in [1.29, 1.82) is 0 Å². The van der Waals surface area contributed by atoms with Crippen LogP contribution in [-0.4, -0.2) is 35.4 Å². The molecule has 1 N–H and O–H groups in total. The molecule has 1 heterocycles. The molecule has 0 aliphatic heterocycles. The standard InChI is InChI=1S/C16H25N3O/c1-4-17-15-11-13(9-10-18-15)16(20)19(3)14-8-6-5-7-12(14)2/h9-12,14H,4-8H2,1-3H3,(H,17,18). The molecule has 0 spiro atoms. The summed E-state index contributed by atoms with van der Waals surface area (Å²) in [5, 5.41) is 3.15. The van der Waals surface area contributed by atoms with Crippen LogP contribution in [-0.2, 0) is 0 Å². The van der Waals surface area contributed by atoms with Crippen LogP contribution in [0.4, 0.5) is 5.82 Å². The highest BCUT2D eigenvalue weighted by molar-refractivity contribution is 5.94. The number of pyridine rings is 1.